The fraction of sp³-hybridized carbons (Fsp3) is 0.824. The van der Waals surface area contributed by atoms with E-state index < -0.39 is 0 Å². The Kier molecular flexibility index (Phi) is 18.2. The summed E-state index contributed by atoms with van der Waals surface area (Å²) in [4.78, 5) is 27.3. The Balaban J connectivity index is 3.38. The molecule has 0 saturated carbocycles. The molecule has 0 aliphatic carbocycles. The second-order valence-electron chi connectivity index (χ2n) is 6.17. The van der Waals surface area contributed by atoms with Gasteiger partial charge in [0.2, 0.25) is 5.91 Å². The molecule has 0 bridgehead atoms. The van der Waals surface area contributed by atoms with Crippen molar-refractivity contribution in [2.75, 3.05) is 45.0 Å². The molecule has 0 heterocycles. The van der Waals surface area contributed by atoms with Gasteiger partial charge in [0, 0.05) is 19.6 Å². The minimum absolute atomic E-state index is 0.111. The molecule has 2 amide bonds. The molecule has 0 fully saturated rings. The molecule has 0 saturated heterocycles. The molecule has 0 rings (SSSR count). The van der Waals surface area contributed by atoms with Crippen molar-refractivity contribution in [3.05, 3.63) is 0 Å². The lowest BCUT2D eigenvalue weighted by Crippen LogP contribution is -2.28. The van der Waals surface area contributed by atoms with Gasteiger partial charge in [0.05, 0.1) is 5.75 Å². The lowest BCUT2D eigenvalue weighted by Gasteiger charge is -2.07. The van der Waals surface area contributed by atoms with E-state index in [1.54, 1.807) is 0 Å². The summed E-state index contributed by atoms with van der Waals surface area (Å²) in [6.07, 6.45) is 6.77. The Hall–Kier alpha value is -1.52. The summed E-state index contributed by atoms with van der Waals surface area (Å²) < 4.78 is 0. The predicted molar refractivity (Wildman–Crippen MR) is 114 cm³/mol. The number of hydrogen-bond acceptors (Lipinski definition) is 6. The fourth-order valence-electron chi connectivity index (χ4n) is 2.18. The molecule has 0 aliphatic rings. The van der Waals surface area contributed by atoms with E-state index in [1.165, 1.54) is 0 Å². The molecule has 9 nitrogen and oxygen atoms in total. The van der Waals surface area contributed by atoms with Crippen LogP contribution in [0.2, 0.25) is 0 Å². The van der Waals surface area contributed by atoms with Crippen LogP contribution in [0.3, 0.4) is 0 Å². The van der Waals surface area contributed by atoms with Gasteiger partial charge in [-0.05, 0) is 51.7 Å². The molecule has 0 aromatic heterocycles. The molecule has 9 N–H and O–H groups in total. The topological polar surface area (TPSA) is 161 Å². The maximum atomic E-state index is 11.7. The van der Waals surface area contributed by atoms with Crippen LogP contribution >= 0.6 is 11.8 Å². The van der Waals surface area contributed by atoms with Crippen LogP contribution in [0.1, 0.15) is 44.9 Å². The van der Waals surface area contributed by atoms with Crippen LogP contribution in [0.4, 0.5) is 4.79 Å². The van der Waals surface area contributed by atoms with Gasteiger partial charge in [-0.25, -0.2) is 0 Å². The molecular weight excluding hydrogens is 366 g/mol. The number of aliphatic imine (C=N–C) groups is 1. The Morgan fingerprint density at radius 3 is 2.19 bits per heavy atom. The summed E-state index contributed by atoms with van der Waals surface area (Å²) in [7, 11) is 0. The van der Waals surface area contributed by atoms with Gasteiger partial charge in [0.25, 0.3) is 5.24 Å². The molecule has 10 heteroatoms. The van der Waals surface area contributed by atoms with Gasteiger partial charge in [-0.2, -0.15) is 0 Å². The van der Waals surface area contributed by atoms with E-state index in [1.807, 2.05) is 0 Å². The Morgan fingerprint density at radius 1 is 0.815 bits per heavy atom. The van der Waals surface area contributed by atoms with Gasteiger partial charge in [0.1, 0.15) is 0 Å². The van der Waals surface area contributed by atoms with Crippen molar-refractivity contribution in [1.29, 1.82) is 0 Å². The molecule has 0 atom stereocenters. The maximum Gasteiger partial charge on any atom is 0.279 e. The minimum atomic E-state index is -0.152. The Labute approximate surface area is 167 Å². The third-order valence-corrected chi connectivity index (χ3v) is 4.46. The number of hydrogen-bond donors (Lipinski definition) is 6. The highest BCUT2D eigenvalue weighted by atomic mass is 32.2. The third-order valence-electron chi connectivity index (χ3n) is 3.64. The zero-order valence-corrected chi connectivity index (χ0v) is 17.1. The SMILES string of the molecule is NCCCNCCCCNC(=O)SCC(=O)NCCCCCCN=C(N)N. The number of nitrogens with two attached hydrogens (primary N) is 3. The van der Waals surface area contributed by atoms with E-state index in [4.69, 9.17) is 17.2 Å². The van der Waals surface area contributed by atoms with Gasteiger partial charge >= 0.3 is 0 Å². The van der Waals surface area contributed by atoms with Crippen molar-refractivity contribution < 1.29 is 9.59 Å². The van der Waals surface area contributed by atoms with Gasteiger partial charge in [-0.15, -0.1) is 0 Å². The third kappa shape index (κ3) is 20.6. The summed E-state index contributed by atoms with van der Waals surface area (Å²) in [5.41, 5.74) is 15.9. The monoisotopic (exact) mass is 403 g/mol. The van der Waals surface area contributed by atoms with E-state index in [0.717, 1.165) is 69.8 Å². The second-order valence-corrected chi connectivity index (χ2v) is 7.12. The first-order valence-electron chi connectivity index (χ1n) is 9.69. The standard InChI is InChI=1S/C17H37N7O2S/c18-8-7-10-21-9-5-6-13-24-17(26)27-14-15(25)22-11-3-1-2-4-12-23-16(19)20/h21H,1-14,18H2,(H,22,25)(H,24,26)(H4,19,20,23). The van der Waals surface area contributed by atoms with Crippen molar-refractivity contribution in [3.63, 3.8) is 0 Å². The van der Waals surface area contributed by atoms with Crippen LogP contribution in [0.15, 0.2) is 4.99 Å². The van der Waals surface area contributed by atoms with Crippen molar-refractivity contribution >= 4 is 28.9 Å². The van der Waals surface area contributed by atoms with Crippen molar-refractivity contribution in [1.82, 2.24) is 16.0 Å². The van der Waals surface area contributed by atoms with Gasteiger partial charge in [-0.1, -0.05) is 24.6 Å². The van der Waals surface area contributed by atoms with Crippen molar-refractivity contribution in [2.45, 2.75) is 44.9 Å². The second kappa shape index (κ2) is 19.2. The normalized spacial score (nSPS) is 10.4. The van der Waals surface area contributed by atoms with Crippen LogP contribution in [0, 0.1) is 0 Å². The first-order chi connectivity index (χ1) is 13.1. The lowest BCUT2D eigenvalue weighted by atomic mass is 10.2. The lowest BCUT2D eigenvalue weighted by molar-refractivity contribution is -0.118. The Bertz CT molecular complexity index is 418. The molecule has 158 valence electrons. The van der Waals surface area contributed by atoms with E-state index in [9.17, 15) is 9.59 Å². The highest BCUT2D eigenvalue weighted by Gasteiger charge is 2.06. The Morgan fingerprint density at radius 2 is 1.44 bits per heavy atom. The first kappa shape index (κ1) is 25.5. The number of nitrogens with one attached hydrogen (secondary N) is 3. The van der Waals surface area contributed by atoms with E-state index in [0.29, 0.717) is 26.2 Å². The first-order valence-corrected chi connectivity index (χ1v) is 10.7. The molecule has 0 aliphatic heterocycles. The summed E-state index contributed by atoms with van der Waals surface area (Å²) in [6, 6.07) is 0. The number of thioether (sulfide) groups is 1. The molecule has 27 heavy (non-hydrogen) atoms. The van der Waals surface area contributed by atoms with E-state index in [2.05, 4.69) is 20.9 Å². The van der Waals surface area contributed by atoms with E-state index >= 15 is 0 Å². The summed E-state index contributed by atoms with van der Waals surface area (Å²) in [5.74, 6) is 0.163. The largest absolute Gasteiger partial charge is 0.370 e. The van der Waals surface area contributed by atoms with Crippen molar-refractivity contribution in [3.8, 4) is 0 Å². The molecular formula is C17H37N7O2S. The van der Waals surface area contributed by atoms with Crippen LogP contribution in [0.25, 0.3) is 0 Å². The van der Waals surface area contributed by atoms with Gasteiger partial charge in [-0.3, -0.25) is 14.6 Å². The zero-order chi connectivity index (χ0) is 20.2. The fourth-order valence-corrected chi connectivity index (χ4v) is 2.75. The molecule has 0 radical (unpaired) electrons. The zero-order valence-electron chi connectivity index (χ0n) is 16.3. The number of amides is 2. The van der Waals surface area contributed by atoms with Crippen LogP contribution in [0.5, 0.6) is 0 Å². The number of rotatable bonds is 17. The molecule has 0 spiro atoms. The average molecular weight is 404 g/mol. The van der Waals surface area contributed by atoms with Gasteiger partial charge < -0.3 is 33.2 Å². The average Bonchev–Trinajstić information content (AvgIpc) is 2.64. The van der Waals surface area contributed by atoms with Crippen LogP contribution < -0.4 is 33.2 Å². The quantitative estimate of drug-likeness (QED) is 0.114. The number of unbranched alkanes of at least 4 members (excludes halogenated alkanes) is 4. The summed E-state index contributed by atoms with van der Waals surface area (Å²) in [6.45, 7) is 4.47. The summed E-state index contributed by atoms with van der Waals surface area (Å²) >= 11 is 1.01. The number of carbonyl (C=O) groups excluding carboxylic acids is 2. The summed E-state index contributed by atoms with van der Waals surface area (Å²) in [5, 5.41) is 8.77. The van der Waals surface area contributed by atoms with Crippen molar-refractivity contribution in [2.24, 2.45) is 22.2 Å². The number of carbonyl (C=O) groups is 2. The molecule has 0 aromatic carbocycles. The minimum Gasteiger partial charge on any atom is -0.370 e. The molecule has 0 aromatic rings. The maximum absolute atomic E-state index is 11.7. The van der Waals surface area contributed by atoms with Crippen LogP contribution in [-0.2, 0) is 4.79 Å². The highest BCUT2D eigenvalue weighted by Crippen LogP contribution is 2.02. The van der Waals surface area contributed by atoms with E-state index in [-0.39, 0.29) is 22.9 Å². The highest BCUT2D eigenvalue weighted by molar-refractivity contribution is 8.14. The smallest absolute Gasteiger partial charge is 0.279 e. The molecule has 0 unspecified atom stereocenters. The van der Waals surface area contributed by atoms with Crippen LogP contribution in [-0.4, -0.2) is 62.1 Å². The predicted octanol–water partition coefficient (Wildman–Crippen LogP) is 0.0978. The van der Waals surface area contributed by atoms with Gasteiger partial charge in [0.15, 0.2) is 5.96 Å². The number of guanidine groups is 1. The number of nitrogens with zero attached hydrogens (tertiary/aromatic N) is 1.